The number of likely N-dealkylation sites (tertiary alicyclic amines) is 1. The van der Waals surface area contributed by atoms with Gasteiger partial charge in [-0.05, 0) is 49.7 Å². The van der Waals surface area contributed by atoms with Crippen LogP contribution >= 0.6 is 11.8 Å². The molecular formula is C18H28N2OS. The smallest absolute Gasteiger partial charge is 0.227 e. The van der Waals surface area contributed by atoms with Crippen LogP contribution in [0.15, 0.2) is 24.3 Å². The molecule has 1 saturated heterocycles. The van der Waals surface area contributed by atoms with Crippen LogP contribution in [0.3, 0.4) is 0 Å². The number of carbonyl (C=O) groups excluding carboxylic acids is 1. The third-order valence-corrected chi connectivity index (χ3v) is 4.76. The minimum Gasteiger partial charge on any atom is -0.326 e. The molecule has 1 aromatic carbocycles. The van der Waals surface area contributed by atoms with E-state index in [9.17, 15) is 4.79 Å². The monoisotopic (exact) mass is 320 g/mol. The number of nitrogens with zero attached hydrogens (tertiary/aromatic N) is 1. The molecule has 122 valence electrons. The minimum absolute atomic E-state index is 0.158. The summed E-state index contributed by atoms with van der Waals surface area (Å²) in [6.07, 6.45) is 4.04. The van der Waals surface area contributed by atoms with Gasteiger partial charge in [-0.25, -0.2) is 0 Å². The van der Waals surface area contributed by atoms with E-state index >= 15 is 0 Å². The SMILES string of the molecule is CSCc1ccccc1NC(=O)C1CCN(CC(C)C)CC1. The molecule has 0 bridgehead atoms. The molecule has 2 rings (SSSR count). The summed E-state index contributed by atoms with van der Waals surface area (Å²) in [5, 5.41) is 3.15. The van der Waals surface area contributed by atoms with Crippen molar-refractivity contribution in [1.82, 2.24) is 4.90 Å². The summed E-state index contributed by atoms with van der Waals surface area (Å²) < 4.78 is 0. The highest BCUT2D eigenvalue weighted by Crippen LogP contribution is 2.23. The lowest BCUT2D eigenvalue weighted by molar-refractivity contribution is -0.121. The Bertz CT molecular complexity index is 482. The van der Waals surface area contributed by atoms with Gasteiger partial charge >= 0.3 is 0 Å². The molecule has 1 amide bonds. The van der Waals surface area contributed by atoms with Crippen LogP contribution in [0.2, 0.25) is 0 Å². The standard InChI is InChI=1S/C18H28N2OS/c1-14(2)12-20-10-8-15(9-11-20)18(21)19-17-7-5-4-6-16(17)13-22-3/h4-7,14-15H,8-13H2,1-3H3,(H,19,21). The Morgan fingerprint density at radius 2 is 2.00 bits per heavy atom. The molecule has 22 heavy (non-hydrogen) atoms. The Labute approximate surface area is 138 Å². The maximum absolute atomic E-state index is 12.5. The average Bonchev–Trinajstić information content (AvgIpc) is 2.49. The number of rotatable bonds is 6. The van der Waals surface area contributed by atoms with Crippen molar-refractivity contribution >= 4 is 23.4 Å². The third kappa shape index (κ3) is 5.03. The van der Waals surface area contributed by atoms with Gasteiger partial charge in [0.25, 0.3) is 0 Å². The van der Waals surface area contributed by atoms with E-state index in [1.807, 2.05) is 18.2 Å². The van der Waals surface area contributed by atoms with Crippen LogP contribution in [0.1, 0.15) is 32.3 Å². The van der Waals surface area contributed by atoms with Crippen LogP contribution in [0.4, 0.5) is 5.69 Å². The summed E-state index contributed by atoms with van der Waals surface area (Å²) in [5.41, 5.74) is 2.19. The van der Waals surface area contributed by atoms with Crippen molar-refractivity contribution in [2.45, 2.75) is 32.4 Å². The molecular weight excluding hydrogens is 292 g/mol. The second kappa shape index (κ2) is 8.59. The van der Waals surface area contributed by atoms with Crippen LogP contribution < -0.4 is 5.32 Å². The van der Waals surface area contributed by atoms with E-state index in [-0.39, 0.29) is 11.8 Å². The van der Waals surface area contributed by atoms with Crippen molar-refractivity contribution in [2.75, 3.05) is 31.2 Å². The lowest BCUT2D eigenvalue weighted by atomic mass is 9.95. The molecule has 1 fully saturated rings. The molecule has 0 spiro atoms. The normalized spacial score (nSPS) is 16.9. The lowest BCUT2D eigenvalue weighted by Gasteiger charge is -2.32. The van der Waals surface area contributed by atoms with Crippen LogP contribution in [0.25, 0.3) is 0 Å². The van der Waals surface area contributed by atoms with Crippen molar-refractivity contribution in [1.29, 1.82) is 0 Å². The van der Waals surface area contributed by atoms with Crippen LogP contribution in [0.5, 0.6) is 0 Å². The fourth-order valence-electron chi connectivity index (χ4n) is 3.05. The summed E-state index contributed by atoms with van der Waals surface area (Å²) in [4.78, 5) is 15.0. The number of amides is 1. The lowest BCUT2D eigenvalue weighted by Crippen LogP contribution is -2.39. The molecule has 0 saturated carbocycles. The highest BCUT2D eigenvalue weighted by atomic mass is 32.2. The zero-order valence-electron chi connectivity index (χ0n) is 14.0. The Morgan fingerprint density at radius 3 is 2.64 bits per heavy atom. The quantitative estimate of drug-likeness (QED) is 0.864. The van der Waals surface area contributed by atoms with E-state index in [1.165, 1.54) is 5.56 Å². The fourth-order valence-corrected chi connectivity index (χ4v) is 3.62. The zero-order valence-corrected chi connectivity index (χ0v) is 14.8. The summed E-state index contributed by atoms with van der Waals surface area (Å²) in [6.45, 7) is 7.74. The van der Waals surface area contributed by atoms with Crippen molar-refractivity contribution in [3.8, 4) is 0 Å². The van der Waals surface area contributed by atoms with Gasteiger partial charge in [-0.2, -0.15) is 11.8 Å². The Kier molecular flexibility index (Phi) is 6.77. The van der Waals surface area contributed by atoms with Gasteiger partial charge in [0.2, 0.25) is 5.91 Å². The second-order valence-corrected chi connectivity index (χ2v) is 7.41. The molecule has 3 nitrogen and oxygen atoms in total. The largest absolute Gasteiger partial charge is 0.326 e. The molecule has 0 aliphatic carbocycles. The van der Waals surface area contributed by atoms with Gasteiger partial charge in [-0.1, -0.05) is 32.0 Å². The predicted molar refractivity (Wildman–Crippen MR) is 96.3 cm³/mol. The van der Waals surface area contributed by atoms with E-state index in [0.29, 0.717) is 5.92 Å². The first-order chi connectivity index (χ1) is 10.6. The fraction of sp³-hybridized carbons (Fsp3) is 0.611. The first-order valence-electron chi connectivity index (χ1n) is 8.20. The van der Waals surface area contributed by atoms with E-state index < -0.39 is 0 Å². The van der Waals surface area contributed by atoms with Crippen LogP contribution in [-0.2, 0) is 10.5 Å². The first-order valence-corrected chi connectivity index (χ1v) is 9.59. The van der Waals surface area contributed by atoms with Crippen LogP contribution in [0, 0.1) is 11.8 Å². The zero-order chi connectivity index (χ0) is 15.9. The Balaban J connectivity index is 1.88. The Morgan fingerprint density at radius 1 is 1.32 bits per heavy atom. The van der Waals surface area contributed by atoms with Crippen molar-refractivity contribution in [3.05, 3.63) is 29.8 Å². The number of thioether (sulfide) groups is 1. The van der Waals surface area contributed by atoms with Crippen molar-refractivity contribution in [2.24, 2.45) is 11.8 Å². The molecule has 4 heteroatoms. The maximum atomic E-state index is 12.5. The predicted octanol–water partition coefficient (Wildman–Crippen LogP) is 3.86. The van der Waals surface area contributed by atoms with Gasteiger partial charge in [-0.3, -0.25) is 4.79 Å². The molecule has 0 unspecified atom stereocenters. The van der Waals surface area contributed by atoms with Gasteiger partial charge in [-0.15, -0.1) is 0 Å². The summed E-state index contributed by atoms with van der Waals surface area (Å²) >= 11 is 1.78. The number of anilines is 1. The molecule has 1 heterocycles. The Hall–Kier alpha value is -1.00. The highest BCUT2D eigenvalue weighted by Gasteiger charge is 2.25. The topological polar surface area (TPSA) is 32.3 Å². The molecule has 1 N–H and O–H groups in total. The molecule has 0 atom stereocenters. The van der Waals surface area contributed by atoms with Gasteiger partial charge in [0.1, 0.15) is 0 Å². The van der Waals surface area contributed by atoms with Gasteiger partial charge in [0.05, 0.1) is 0 Å². The van der Waals surface area contributed by atoms with Crippen molar-refractivity contribution in [3.63, 3.8) is 0 Å². The molecule has 1 aliphatic heterocycles. The van der Waals surface area contributed by atoms with Crippen LogP contribution in [-0.4, -0.2) is 36.7 Å². The number of para-hydroxylation sites is 1. The van der Waals surface area contributed by atoms with Gasteiger partial charge in [0.15, 0.2) is 0 Å². The summed E-state index contributed by atoms with van der Waals surface area (Å²) in [7, 11) is 0. The van der Waals surface area contributed by atoms with Gasteiger partial charge in [0, 0.05) is 23.9 Å². The molecule has 1 aliphatic rings. The van der Waals surface area contributed by atoms with E-state index in [2.05, 4.69) is 36.4 Å². The number of hydrogen-bond donors (Lipinski definition) is 1. The minimum atomic E-state index is 0.158. The third-order valence-electron chi connectivity index (χ3n) is 4.16. The summed E-state index contributed by atoms with van der Waals surface area (Å²) in [5.74, 6) is 1.98. The maximum Gasteiger partial charge on any atom is 0.227 e. The number of benzene rings is 1. The highest BCUT2D eigenvalue weighted by molar-refractivity contribution is 7.97. The van der Waals surface area contributed by atoms with Crippen molar-refractivity contribution < 1.29 is 4.79 Å². The number of piperidine rings is 1. The number of hydrogen-bond acceptors (Lipinski definition) is 3. The second-order valence-electron chi connectivity index (χ2n) is 6.55. The number of nitrogens with one attached hydrogen (secondary N) is 1. The average molecular weight is 321 g/mol. The molecule has 1 aromatic rings. The molecule has 0 aromatic heterocycles. The van der Waals surface area contributed by atoms with E-state index in [1.54, 1.807) is 11.8 Å². The number of carbonyl (C=O) groups is 1. The molecule has 0 radical (unpaired) electrons. The summed E-state index contributed by atoms with van der Waals surface area (Å²) in [6, 6.07) is 8.13. The van der Waals surface area contributed by atoms with Gasteiger partial charge < -0.3 is 10.2 Å². The first kappa shape index (κ1) is 17.4. The van der Waals surface area contributed by atoms with E-state index in [0.717, 1.165) is 43.9 Å². The van der Waals surface area contributed by atoms with E-state index in [4.69, 9.17) is 0 Å².